The smallest absolute Gasteiger partial charge is 0.207 e. The zero-order valence-electron chi connectivity index (χ0n) is 11.6. The second kappa shape index (κ2) is 4.60. The van der Waals surface area contributed by atoms with Crippen molar-refractivity contribution in [3.8, 4) is 0 Å². The maximum Gasteiger partial charge on any atom is 0.243 e. The Kier molecular flexibility index (Phi) is 3.18. The molecule has 3 nitrogen and oxygen atoms in total. The minimum atomic E-state index is -3.32. The molecule has 2 unspecified atom stereocenters. The summed E-state index contributed by atoms with van der Waals surface area (Å²) in [4.78, 5) is 0.506. The first-order chi connectivity index (χ1) is 9.00. The number of piperidine rings is 1. The fraction of sp³-hybridized carbons (Fsp3) is 0.600. The summed E-state index contributed by atoms with van der Waals surface area (Å²) in [6.45, 7) is 3.83. The molecule has 2 heterocycles. The van der Waals surface area contributed by atoms with Crippen molar-refractivity contribution in [2.45, 2.75) is 62.9 Å². The van der Waals surface area contributed by atoms with Crippen LogP contribution < -0.4 is 0 Å². The van der Waals surface area contributed by atoms with E-state index in [9.17, 15) is 8.42 Å². The summed E-state index contributed by atoms with van der Waals surface area (Å²) in [7, 11) is -3.32. The number of hydrogen-bond acceptors (Lipinski definition) is 2. The lowest BCUT2D eigenvalue weighted by molar-refractivity contribution is 0.248. The Morgan fingerprint density at radius 3 is 2.32 bits per heavy atom. The molecule has 2 aliphatic rings. The Bertz CT molecular complexity index is 578. The third-order valence-corrected chi connectivity index (χ3v) is 6.67. The van der Waals surface area contributed by atoms with E-state index in [1.54, 1.807) is 0 Å². The molecule has 2 bridgehead atoms. The highest BCUT2D eigenvalue weighted by molar-refractivity contribution is 7.89. The van der Waals surface area contributed by atoms with E-state index in [0.717, 1.165) is 36.8 Å². The average molecular weight is 279 g/mol. The molecule has 1 aromatic carbocycles. The van der Waals surface area contributed by atoms with Gasteiger partial charge in [0.05, 0.1) is 4.90 Å². The summed E-state index contributed by atoms with van der Waals surface area (Å²) in [6.07, 6.45) is 5.30. The van der Waals surface area contributed by atoms with Gasteiger partial charge in [0.25, 0.3) is 0 Å². The van der Waals surface area contributed by atoms with E-state index in [2.05, 4.69) is 0 Å². The maximum atomic E-state index is 12.9. The highest BCUT2D eigenvalue weighted by atomic mass is 32.2. The van der Waals surface area contributed by atoms with Gasteiger partial charge in [-0.2, -0.15) is 4.31 Å². The summed E-state index contributed by atoms with van der Waals surface area (Å²) < 4.78 is 27.7. The van der Waals surface area contributed by atoms with Crippen molar-refractivity contribution in [3.63, 3.8) is 0 Å². The minimum absolute atomic E-state index is 0.240. The third-order valence-electron chi connectivity index (χ3n) is 4.53. The Balaban J connectivity index is 2.05. The molecule has 1 aromatic rings. The van der Waals surface area contributed by atoms with Gasteiger partial charge in [0.2, 0.25) is 10.0 Å². The molecule has 0 radical (unpaired) electrons. The molecule has 19 heavy (non-hydrogen) atoms. The largest absolute Gasteiger partial charge is 0.243 e. The molecule has 0 amide bonds. The van der Waals surface area contributed by atoms with E-state index < -0.39 is 10.0 Å². The van der Waals surface area contributed by atoms with Gasteiger partial charge >= 0.3 is 0 Å². The van der Waals surface area contributed by atoms with Crippen LogP contribution in [0.1, 0.15) is 43.2 Å². The van der Waals surface area contributed by atoms with Crippen LogP contribution in [0.3, 0.4) is 0 Å². The van der Waals surface area contributed by atoms with E-state index in [1.165, 1.54) is 6.42 Å². The number of aryl methyl sites for hydroxylation is 2. The van der Waals surface area contributed by atoms with Crippen molar-refractivity contribution in [2.75, 3.05) is 0 Å². The summed E-state index contributed by atoms with van der Waals surface area (Å²) >= 11 is 0. The topological polar surface area (TPSA) is 37.4 Å². The van der Waals surface area contributed by atoms with Gasteiger partial charge in [0, 0.05) is 12.1 Å². The summed E-state index contributed by atoms with van der Waals surface area (Å²) in [5.41, 5.74) is 1.86. The van der Waals surface area contributed by atoms with Crippen LogP contribution in [-0.4, -0.2) is 24.8 Å². The monoisotopic (exact) mass is 279 g/mol. The van der Waals surface area contributed by atoms with Crippen LogP contribution in [0.25, 0.3) is 0 Å². The van der Waals surface area contributed by atoms with Crippen molar-refractivity contribution in [3.05, 3.63) is 29.3 Å². The van der Waals surface area contributed by atoms with Crippen LogP contribution in [0.15, 0.2) is 23.1 Å². The molecule has 2 atom stereocenters. The Hall–Kier alpha value is -0.870. The van der Waals surface area contributed by atoms with Crippen molar-refractivity contribution in [1.29, 1.82) is 0 Å². The van der Waals surface area contributed by atoms with Crippen LogP contribution >= 0.6 is 0 Å². The molecule has 0 N–H and O–H groups in total. The SMILES string of the molecule is Cc1ccc(C)c(S(=O)(=O)N2C3CCCC2CC3)c1. The highest BCUT2D eigenvalue weighted by Crippen LogP contribution is 2.40. The Morgan fingerprint density at radius 2 is 1.68 bits per heavy atom. The van der Waals surface area contributed by atoms with Gasteiger partial charge in [-0.05, 0) is 56.7 Å². The van der Waals surface area contributed by atoms with E-state index in [0.29, 0.717) is 4.90 Å². The van der Waals surface area contributed by atoms with Crippen LogP contribution in [0, 0.1) is 13.8 Å². The van der Waals surface area contributed by atoms with Crippen LogP contribution in [-0.2, 0) is 10.0 Å². The lowest BCUT2D eigenvalue weighted by Crippen LogP contribution is -2.44. The van der Waals surface area contributed by atoms with E-state index in [4.69, 9.17) is 0 Å². The predicted octanol–water partition coefficient (Wildman–Crippen LogP) is 3.01. The molecular formula is C15H21NO2S. The fourth-order valence-electron chi connectivity index (χ4n) is 3.56. The molecule has 4 heteroatoms. The maximum absolute atomic E-state index is 12.9. The van der Waals surface area contributed by atoms with Gasteiger partial charge in [-0.3, -0.25) is 0 Å². The van der Waals surface area contributed by atoms with Gasteiger partial charge in [-0.15, -0.1) is 0 Å². The normalized spacial score (nSPS) is 27.7. The average Bonchev–Trinajstić information content (AvgIpc) is 2.64. The Labute approximate surface area is 115 Å². The first-order valence-corrected chi connectivity index (χ1v) is 8.55. The summed E-state index contributed by atoms with van der Waals surface area (Å²) in [6, 6.07) is 6.18. The first-order valence-electron chi connectivity index (χ1n) is 7.11. The lowest BCUT2D eigenvalue weighted by atomic mass is 10.1. The number of nitrogens with zero attached hydrogens (tertiary/aromatic N) is 1. The lowest BCUT2D eigenvalue weighted by Gasteiger charge is -2.34. The van der Waals surface area contributed by atoms with Crippen LogP contribution in [0.5, 0.6) is 0 Å². The quantitative estimate of drug-likeness (QED) is 0.834. The van der Waals surface area contributed by atoms with Crippen molar-refractivity contribution in [1.82, 2.24) is 4.31 Å². The fourth-order valence-corrected chi connectivity index (χ4v) is 5.80. The molecule has 0 saturated carbocycles. The van der Waals surface area contributed by atoms with Gasteiger partial charge < -0.3 is 0 Å². The Morgan fingerprint density at radius 1 is 1.05 bits per heavy atom. The van der Waals surface area contributed by atoms with E-state index >= 15 is 0 Å². The third kappa shape index (κ3) is 2.11. The molecule has 104 valence electrons. The molecule has 0 aliphatic carbocycles. The molecule has 0 spiro atoms. The van der Waals surface area contributed by atoms with E-state index in [-0.39, 0.29) is 12.1 Å². The van der Waals surface area contributed by atoms with Gasteiger partial charge in [0.1, 0.15) is 0 Å². The predicted molar refractivity (Wildman–Crippen MR) is 75.6 cm³/mol. The number of rotatable bonds is 2. The summed E-state index contributed by atoms with van der Waals surface area (Å²) in [5, 5.41) is 0. The molecule has 0 aromatic heterocycles. The number of hydrogen-bond donors (Lipinski definition) is 0. The zero-order valence-corrected chi connectivity index (χ0v) is 12.4. The van der Waals surface area contributed by atoms with Crippen LogP contribution in [0.4, 0.5) is 0 Å². The molecular weight excluding hydrogens is 258 g/mol. The standard InChI is InChI=1S/C15H21NO2S/c1-11-6-7-12(2)15(10-11)19(17,18)16-13-4-3-5-14(16)9-8-13/h6-7,10,13-14H,3-5,8-9H2,1-2H3. The van der Waals surface area contributed by atoms with Gasteiger partial charge in [-0.1, -0.05) is 18.6 Å². The number of fused-ring (bicyclic) bond motifs is 2. The highest BCUT2D eigenvalue weighted by Gasteiger charge is 2.44. The molecule has 2 fully saturated rings. The molecule has 3 rings (SSSR count). The zero-order chi connectivity index (χ0) is 13.6. The van der Waals surface area contributed by atoms with Gasteiger partial charge in [-0.25, -0.2) is 8.42 Å². The molecule has 2 aliphatic heterocycles. The minimum Gasteiger partial charge on any atom is -0.207 e. The second-order valence-corrected chi connectivity index (χ2v) is 7.73. The van der Waals surface area contributed by atoms with Gasteiger partial charge in [0.15, 0.2) is 0 Å². The van der Waals surface area contributed by atoms with Crippen molar-refractivity contribution < 1.29 is 8.42 Å². The van der Waals surface area contributed by atoms with Crippen molar-refractivity contribution in [2.24, 2.45) is 0 Å². The first kappa shape index (κ1) is 13.1. The molecule has 2 saturated heterocycles. The summed E-state index contributed by atoms with van der Waals surface area (Å²) in [5.74, 6) is 0. The number of benzene rings is 1. The van der Waals surface area contributed by atoms with Crippen LogP contribution in [0.2, 0.25) is 0 Å². The van der Waals surface area contributed by atoms with Crippen molar-refractivity contribution >= 4 is 10.0 Å². The number of sulfonamides is 1. The van der Waals surface area contributed by atoms with E-state index in [1.807, 2.05) is 36.4 Å². The second-order valence-electron chi connectivity index (χ2n) is 5.92.